The van der Waals surface area contributed by atoms with E-state index in [4.69, 9.17) is 9.84 Å². The van der Waals surface area contributed by atoms with Crippen molar-refractivity contribution in [3.63, 3.8) is 0 Å². The fourth-order valence-corrected chi connectivity index (χ4v) is 2.22. The maximum absolute atomic E-state index is 11.4. The van der Waals surface area contributed by atoms with Crippen LogP contribution in [0.25, 0.3) is 0 Å². The predicted octanol–water partition coefficient (Wildman–Crippen LogP) is 0.395. The van der Waals surface area contributed by atoms with Crippen molar-refractivity contribution in [2.45, 2.75) is 20.3 Å². The summed E-state index contributed by atoms with van der Waals surface area (Å²) in [6.45, 7) is 4.70. The Labute approximate surface area is 103 Å². The van der Waals surface area contributed by atoms with E-state index in [1.54, 1.807) is 0 Å². The molecule has 0 saturated heterocycles. The quantitative estimate of drug-likeness (QED) is 0.611. The number of nitrogens with zero attached hydrogens (tertiary/aromatic N) is 1. The normalized spacial score (nSPS) is 13.9. The lowest BCUT2D eigenvalue weighted by atomic mass is 10.2. The van der Waals surface area contributed by atoms with E-state index in [1.165, 1.54) is 11.2 Å². The molecule has 1 unspecified atom stereocenters. The van der Waals surface area contributed by atoms with Crippen molar-refractivity contribution in [2.24, 2.45) is 5.92 Å². The molecule has 0 rings (SSSR count). The van der Waals surface area contributed by atoms with Crippen LogP contribution in [0.15, 0.2) is 0 Å². The third kappa shape index (κ3) is 7.30. The molecule has 0 heterocycles. The summed E-state index contributed by atoms with van der Waals surface area (Å²) in [5.74, 6) is -1.71. The van der Waals surface area contributed by atoms with E-state index >= 15 is 0 Å². The van der Waals surface area contributed by atoms with Crippen LogP contribution >= 0.6 is 0 Å². The summed E-state index contributed by atoms with van der Waals surface area (Å²) in [5, 5.41) is 8.76. The lowest BCUT2D eigenvalue weighted by Gasteiger charge is -2.21. The molecule has 1 atom stereocenters. The minimum atomic E-state index is -3.37. The Bertz CT molecular complexity index is 328. The number of sulfonamides is 1. The molecule has 0 aliphatic heterocycles. The van der Waals surface area contributed by atoms with Crippen LogP contribution in [-0.2, 0) is 19.6 Å². The van der Waals surface area contributed by atoms with Gasteiger partial charge in [0, 0.05) is 26.3 Å². The van der Waals surface area contributed by atoms with Gasteiger partial charge in [-0.1, -0.05) is 6.92 Å². The number of carboxylic acids is 1. The second-order valence-electron chi connectivity index (χ2n) is 3.91. The standard InChI is InChI=1S/C10H21NO5S/c1-4-16-7-5-6-11(17(3,14)15)8-9(2)10(12)13/h9H,4-8H2,1-3H3,(H,12,13). The van der Waals surface area contributed by atoms with Gasteiger partial charge in [0.25, 0.3) is 0 Å². The van der Waals surface area contributed by atoms with Crippen LogP contribution in [0.4, 0.5) is 0 Å². The zero-order valence-corrected chi connectivity index (χ0v) is 11.4. The number of carboxylic acid groups (broad SMARTS) is 1. The zero-order valence-electron chi connectivity index (χ0n) is 10.5. The van der Waals surface area contributed by atoms with Crippen molar-refractivity contribution >= 4 is 16.0 Å². The Kier molecular flexibility index (Phi) is 7.33. The van der Waals surface area contributed by atoms with Gasteiger partial charge in [-0.05, 0) is 13.3 Å². The van der Waals surface area contributed by atoms with Crippen molar-refractivity contribution in [1.29, 1.82) is 0 Å². The second-order valence-corrected chi connectivity index (χ2v) is 5.89. The number of aliphatic carboxylic acids is 1. The minimum absolute atomic E-state index is 0.000289. The molecular weight excluding hydrogens is 246 g/mol. The van der Waals surface area contributed by atoms with Gasteiger partial charge >= 0.3 is 5.97 Å². The Morgan fingerprint density at radius 1 is 1.47 bits per heavy atom. The molecule has 0 aromatic rings. The molecule has 0 aliphatic rings. The van der Waals surface area contributed by atoms with Gasteiger partial charge in [0.2, 0.25) is 10.0 Å². The van der Waals surface area contributed by atoms with Crippen molar-refractivity contribution < 1.29 is 23.1 Å². The van der Waals surface area contributed by atoms with E-state index < -0.39 is 21.9 Å². The molecule has 0 aromatic carbocycles. The SMILES string of the molecule is CCOCCCN(CC(C)C(=O)O)S(C)(=O)=O. The zero-order chi connectivity index (χ0) is 13.5. The van der Waals surface area contributed by atoms with E-state index in [1.807, 2.05) is 6.92 Å². The van der Waals surface area contributed by atoms with E-state index in [0.717, 1.165) is 6.26 Å². The highest BCUT2D eigenvalue weighted by Gasteiger charge is 2.22. The van der Waals surface area contributed by atoms with E-state index in [9.17, 15) is 13.2 Å². The lowest BCUT2D eigenvalue weighted by Crippen LogP contribution is -2.37. The summed E-state index contributed by atoms with van der Waals surface area (Å²) in [7, 11) is -3.37. The molecule has 17 heavy (non-hydrogen) atoms. The fourth-order valence-electron chi connectivity index (χ4n) is 1.26. The molecule has 0 fully saturated rings. The van der Waals surface area contributed by atoms with Crippen molar-refractivity contribution in [2.75, 3.05) is 32.6 Å². The summed E-state index contributed by atoms with van der Waals surface area (Å²) < 4.78 is 29.2. The number of hydrogen-bond donors (Lipinski definition) is 1. The summed E-state index contributed by atoms with van der Waals surface area (Å²) in [4.78, 5) is 10.7. The molecule has 1 N–H and O–H groups in total. The van der Waals surface area contributed by atoms with Gasteiger partial charge in [-0.25, -0.2) is 12.7 Å². The summed E-state index contributed by atoms with van der Waals surface area (Å²) in [6, 6.07) is 0. The molecule has 102 valence electrons. The maximum Gasteiger partial charge on any atom is 0.307 e. The van der Waals surface area contributed by atoms with Gasteiger partial charge in [0.1, 0.15) is 0 Å². The summed E-state index contributed by atoms with van der Waals surface area (Å²) in [5.41, 5.74) is 0. The van der Waals surface area contributed by atoms with E-state index in [0.29, 0.717) is 19.6 Å². The molecule has 0 spiro atoms. The van der Waals surface area contributed by atoms with Crippen molar-refractivity contribution in [1.82, 2.24) is 4.31 Å². The van der Waals surface area contributed by atoms with Crippen LogP contribution in [0.3, 0.4) is 0 Å². The van der Waals surface area contributed by atoms with Gasteiger partial charge < -0.3 is 9.84 Å². The molecule has 0 saturated carbocycles. The van der Waals surface area contributed by atoms with Gasteiger partial charge in [-0.15, -0.1) is 0 Å². The molecule has 0 radical (unpaired) electrons. The molecule has 0 amide bonds. The highest BCUT2D eigenvalue weighted by molar-refractivity contribution is 7.88. The first-order valence-corrected chi connectivity index (χ1v) is 7.39. The third-order valence-electron chi connectivity index (χ3n) is 2.27. The number of hydrogen-bond acceptors (Lipinski definition) is 4. The smallest absolute Gasteiger partial charge is 0.307 e. The summed E-state index contributed by atoms with van der Waals surface area (Å²) >= 11 is 0. The Balaban J connectivity index is 4.31. The number of ether oxygens (including phenoxy) is 1. The van der Waals surface area contributed by atoms with Crippen LogP contribution < -0.4 is 0 Å². The third-order valence-corrected chi connectivity index (χ3v) is 3.54. The van der Waals surface area contributed by atoms with Crippen LogP contribution in [0.5, 0.6) is 0 Å². The van der Waals surface area contributed by atoms with Gasteiger partial charge in [-0.2, -0.15) is 0 Å². The predicted molar refractivity (Wildman–Crippen MR) is 64.3 cm³/mol. The number of rotatable bonds is 9. The largest absolute Gasteiger partial charge is 0.481 e. The lowest BCUT2D eigenvalue weighted by molar-refractivity contribution is -0.141. The average Bonchev–Trinajstić information content (AvgIpc) is 2.20. The first-order valence-electron chi connectivity index (χ1n) is 5.54. The highest BCUT2D eigenvalue weighted by Crippen LogP contribution is 2.06. The minimum Gasteiger partial charge on any atom is -0.481 e. The fraction of sp³-hybridized carbons (Fsp3) is 0.900. The van der Waals surface area contributed by atoms with Crippen LogP contribution in [0, 0.1) is 5.92 Å². The van der Waals surface area contributed by atoms with E-state index in [-0.39, 0.29) is 13.1 Å². The monoisotopic (exact) mass is 267 g/mol. The van der Waals surface area contributed by atoms with Gasteiger partial charge in [0.05, 0.1) is 12.2 Å². The molecule has 6 nitrogen and oxygen atoms in total. The molecular formula is C10H21NO5S. The molecule has 0 aliphatic carbocycles. The molecule has 7 heteroatoms. The maximum atomic E-state index is 11.4. The van der Waals surface area contributed by atoms with Gasteiger partial charge in [-0.3, -0.25) is 4.79 Å². The Hall–Kier alpha value is -0.660. The Morgan fingerprint density at radius 2 is 2.06 bits per heavy atom. The Morgan fingerprint density at radius 3 is 2.47 bits per heavy atom. The first kappa shape index (κ1) is 16.3. The van der Waals surface area contributed by atoms with Crippen LogP contribution in [0.2, 0.25) is 0 Å². The average molecular weight is 267 g/mol. The van der Waals surface area contributed by atoms with E-state index in [2.05, 4.69) is 0 Å². The van der Waals surface area contributed by atoms with Crippen LogP contribution in [0.1, 0.15) is 20.3 Å². The van der Waals surface area contributed by atoms with Crippen molar-refractivity contribution in [3.8, 4) is 0 Å². The number of carbonyl (C=O) groups is 1. The highest BCUT2D eigenvalue weighted by atomic mass is 32.2. The summed E-state index contributed by atoms with van der Waals surface area (Å²) in [6.07, 6.45) is 1.65. The second kappa shape index (κ2) is 7.62. The molecule has 0 bridgehead atoms. The van der Waals surface area contributed by atoms with Gasteiger partial charge in [0.15, 0.2) is 0 Å². The van der Waals surface area contributed by atoms with Crippen molar-refractivity contribution in [3.05, 3.63) is 0 Å². The first-order chi connectivity index (χ1) is 7.79. The van der Waals surface area contributed by atoms with Crippen LogP contribution in [-0.4, -0.2) is 56.4 Å². The molecule has 0 aromatic heterocycles. The topological polar surface area (TPSA) is 83.9 Å².